The Kier molecular flexibility index (Phi) is 4.28. The lowest BCUT2D eigenvalue weighted by atomic mass is 10.1. The van der Waals surface area contributed by atoms with E-state index in [1.54, 1.807) is 18.4 Å². The molecule has 0 saturated carbocycles. The molecule has 82 valence electrons. The maximum atomic E-state index is 8.68. The minimum absolute atomic E-state index is 0.0362. The Hall–Kier alpha value is -0.890. The lowest BCUT2D eigenvalue weighted by molar-refractivity contribution is 0.128. The van der Waals surface area contributed by atoms with Gasteiger partial charge in [0.1, 0.15) is 6.07 Å². The van der Waals surface area contributed by atoms with Gasteiger partial charge in [-0.25, -0.2) is 0 Å². The summed E-state index contributed by atoms with van der Waals surface area (Å²) in [6.07, 6.45) is 0. The summed E-state index contributed by atoms with van der Waals surface area (Å²) in [5.74, 6) is 0. The molecule has 0 radical (unpaired) electrons. The molecule has 0 atom stereocenters. The fraction of sp³-hybridized carbons (Fsp3) is 0.545. The molecule has 1 aromatic rings. The first-order valence-electron chi connectivity index (χ1n) is 4.79. The molecule has 0 bridgehead atoms. The summed E-state index contributed by atoms with van der Waals surface area (Å²) in [5, 5.41) is 13.9. The summed E-state index contributed by atoms with van der Waals surface area (Å²) in [5.41, 5.74) is 0.701. The summed E-state index contributed by atoms with van der Waals surface area (Å²) in [7, 11) is 1.70. The summed E-state index contributed by atoms with van der Waals surface area (Å²) in [6.45, 7) is 5.64. The number of thiophene rings is 1. The topological polar surface area (TPSA) is 45.0 Å². The van der Waals surface area contributed by atoms with Crippen molar-refractivity contribution in [3.05, 3.63) is 21.9 Å². The number of ether oxygens (including phenoxy) is 1. The van der Waals surface area contributed by atoms with Gasteiger partial charge in [-0.1, -0.05) is 0 Å². The monoisotopic (exact) mass is 224 g/mol. The highest BCUT2D eigenvalue weighted by Gasteiger charge is 2.16. The Labute approximate surface area is 94.7 Å². The van der Waals surface area contributed by atoms with Gasteiger partial charge in [-0.05, 0) is 19.9 Å². The van der Waals surface area contributed by atoms with Crippen molar-refractivity contribution in [2.24, 2.45) is 0 Å². The van der Waals surface area contributed by atoms with Gasteiger partial charge in [-0.2, -0.15) is 5.26 Å². The Balaban J connectivity index is 2.46. The number of rotatable bonds is 5. The van der Waals surface area contributed by atoms with Crippen LogP contribution in [0.3, 0.4) is 0 Å². The van der Waals surface area contributed by atoms with E-state index in [-0.39, 0.29) is 5.54 Å². The van der Waals surface area contributed by atoms with Gasteiger partial charge < -0.3 is 10.1 Å². The Morgan fingerprint density at radius 1 is 1.60 bits per heavy atom. The standard InChI is InChI=1S/C11H16N2OS/c1-11(2,8-14-3)13-6-10-4-9(5-12)7-15-10/h4,7,13H,6,8H2,1-3H3. The predicted octanol–water partition coefficient (Wildman–Crippen LogP) is 2.13. The minimum atomic E-state index is -0.0362. The van der Waals surface area contributed by atoms with Crippen molar-refractivity contribution in [3.63, 3.8) is 0 Å². The molecule has 0 spiro atoms. The third-order valence-corrected chi connectivity index (χ3v) is 2.97. The van der Waals surface area contributed by atoms with E-state index in [1.165, 1.54) is 4.88 Å². The third kappa shape index (κ3) is 4.00. The van der Waals surface area contributed by atoms with Crippen LogP contribution >= 0.6 is 11.3 Å². The van der Waals surface area contributed by atoms with Crippen LogP contribution in [-0.2, 0) is 11.3 Å². The largest absolute Gasteiger partial charge is 0.383 e. The number of hydrogen-bond acceptors (Lipinski definition) is 4. The van der Waals surface area contributed by atoms with Gasteiger partial charge in [0.05, 0.1) is 12.2 Å². The van der Waals surface area contributed by atoms with E-state index >= 15 is 0 Å². The van der Waals surface area contributed by atoms with E-state index in [4.69, 9.17) is 10.00 Å². The van der Waals surface area contributed by atoms with Crippen molar-refractivity contribution in [1.29, 1.82) is 5.26 Å². The summed E-state index contributed by atoms with van der Waals surface area (Å²) < 4.78 is 5.11. The fourth-order valence-electron chi connectivity index (χ4n) is 1.27. The van der Waals surface area contributed by atoms with E-state index < -0.39 is 0 Å². The van der Waals surface area contributed by atoms with Gasteiger partial charge in [0.15, 0.2) is 0 Å². The number of hydrogen-bond donors (Lipinski definition) is 1. The second-order valence-electron chi connectivity index (χ2n) is 4.08. The van der Waals surface area contributed by atoms with Gasteiger partial charge in [0, 0.05) is 29.5 Å². The zero-order chi connectivity index (χ0) is 11.3. The molecular weight excluding hydrogens is 208 g/mol. The highest BCUT2D eigenvalue weighted by molar-refractivity contribution is 7.10. The number of nitriles is 1. The molecular formula is C11H16N2OS. The molecule has 1 heterocycles. The van der Waals surface area contributed by atoms with Gasteiger partial charge in [0.25, 0.3) is 0 Å². The van der Waals surface area contributed by atoms with Crippen LogP contribution in [0.4, 0.5) is 0 Å². The predicted molar refractivity (Wildman–Crippen MR) is 61.8 cm³/mol. The summed E-state index contributed by atoms with van der Waals surface area (Å²) in [6, 6.07) is 4.04. The molecule has 1 aromatic heterocycles. The SMILES string of the molecule is COCC(C)(C)NCc1cc(C#N)cs1. The zero-order valence-electron chi connectivity index (χ0n) is 9.33. The number of methoxy groups -OCH3 is 1. The highest BCUT2D eigenvalue weighted by Crippen LogP contribution is 2.14. The molecule has 3 nitrogen and oxygen atoms in total. The normalized spacial score (nSPS) is 11.3. The third-order valence-electron chi connectivity index (χ3n) is 2.03. The van der Waals surface area contributed by atoms with Crippen LogP contribution in [0.1, 0.15) is 24.3 Å². The van der Waals surface area contributed by atoms with Crippen molar-refractivity contribution >= 4 is 11.3 Å². The van der Waals surface area contributed by atoms with E-state index in [0.29, 0.717) is 6.61 Å². The van der Waals surface area contributed by atoms with E-state index in [1.807, 2.05) is 11.4 Å². The van der Waals surface area contributed by atoms with E-state index in [0.717, 1.165) is 12.1 Å². The first-order valence-corrected chi connectivity index (χ1v) is 5.67. The van der Waals surface area contributed by atoms with E-state index in [2.05, 4.69) is 25.2 Å². The molecule has 1 rings (SSSR count). The Morgan fingerprint density at radius 2 is 2.33 bits per heavy atom. The quantitative estimate of drug-likeness (QED) is 0.833. The summed E-state index contributed by atoms with van der Waals surface area (Å²) >= 11 is 1.61. The Bertz CT molecular complexity index is 352. The Morgan fingerprint density at radius 3 is 2.87 bits per heavy atom. The maximum absolute atomic E-state index is 8.68. The molecule has 1 N–H and O–H groups in total. The molecule has 4 heteroatoms. The number of nitrogens with zero attached hydrogens (tertiary/aromatic N) is 1. The molecule has 15 heavy (non-hydrogen) atoms. The fourth-order valence-corrected chi connectivity index (χ4v) is 2.02. The molecule has 0 unspecified atom stereocenters. The van der Waals surface area contributed by atoms with Gasteiger partial charge >= 0.3 is 0 Å². The van der Waals surface area contributed by atoms with Crippen molar-refractivity contribution in [2.75, 3.05) is 13.7 Å². The zero-order valence-corrected chi connectivity index (χ0v) is 10.1. The van der Waals surface area contributed by atoms with Crippen LogP contribution < -0.4 is 5.32 Å². The van der Waals surface area contributed by atoms with Gasteiger partial charge in [0.2, 0.25) is 0 Å². The minimum Gasteiger partial charge on any atom is -0.383 e. The van der Waals surface area contributed by atoms with Crippen LogP contribution in [0.2, 0.25) is 0 Å². The molecule has 0 aromatic carbocycles. The molecule has 0 aliphatic rings. The molecule has 0 aliphatic heterocycles. The average molecular weight is 224 g/mol. The van der Waals surface area contributed by atoms with Gasteiger partial charge in [-0.3, -0.25) is 0 Å². The average Bonchev–Trinajstić information content (AvgIpc) is 2.62. The van der Waals surface area contributed by atoms with Crippen molar-refractivity contribution in [1.82, 2.24) is 5.32 Å². The van der Waals surface area contributed by atoms with Crippen LogP contribution in [0.25, 0.3) is 0 Å². The van der Waals surface area contributed by atoms with E-state index in [9.17, 15) is 0 Å². The van der Waals surface area contributed by atoms with Crippen molar-refractivity contribution < 1.29 is 4.74 Å². The molecule has 0 amide bonds. The van der Waals surface area contributed by atoms with Crippen LogP contribution in [0.5, 0.6) is 0 Å². The first kappa shape index (κ1) is 12.2. The second kappa shape index (κ2) is 5.26. The smallest absolute Gasteiger partial charge is 0.100 e. The van der Waals surface area contributed by atoms with Crippen LogP contribution in [0, 0.1) is 11.3 Å². The lowest BCUT2D eigenvalue weighted by Gasteiger charge is -2.24. The van der Waals surface area contributed by atoms with Gasteiger partial charge in [-0.15, -0.1) is 11.3 Å². The van der Waals surface area contributed by atoms with Crippen molar-refractivity contribution in [3.8, 4) is 6.07 Å². The highest BCUT2D eigenvalue weighted by atomic mass is 32.1. The first-order chi connectivity index (χ1) is 7.07. The maximum Gasteiger partial charge on any atom is 0.100 e. The van der Waals surface area contributed by atoms with Crippen molar-refractivity contribution in [2.45, 2.75) is 25.9 Å². The number of nitrogens with one attached hydrogen (secondary N) is 1. The molecule has 0 fully saturated rings. The molecule has 0 saturated heterocycles. The van der Waals surface area contributed by atoms with Crippen LogP contribution in [0.15, 0.2) is 11.4 Å². The summed E-state index contributed by atoms with van der Waals surface area (Å²) in [4.78, 5) is 1.18. The second-order valence-corrected chi connectivity index (χ2v) is 5.08. The molecule has 0 aliphatic carbocycles. The lowest BCUT2D eigenvalue weighted by Crippen LogP contribution is -2.42. The van der Waals surface area contributed by atoms with Crippen LogP contribution in [-0.4, -0.2) is 19.3 Å².